The second kappa shape index (κ2) is 16.4. The number of carbonyl (C=O) groups is 4. The fourth-order valence-electron chi connectivity index (χ4n) is 3.15. The molecule has 12 nitrogen and oxygen atoms in total. The molecule has 5 unspecified atom stereocenters. The van der Waals surface area contributed by atoms with Gasteiger partial charge in [-0.25, -0.2) is 14.4 Å². The van der Waals surface area contributed by atoms with Gasteiger partial charge in [-0.1, -0.05) is 26.8 Å². The van der Waals surface area contributed by atoms with Crippen molar-refractivity contribution in [2.45, 2.75) is 111 Å². The normalized spacial score (nSPS) is 15.5. The maximum absolute atomic E-state index is 12.4. The van der Waals surface area contributed by atoms with E-state index in [0.29, 0.717) is 24.8 Å². The van der Waals surface area contributed by atoms with E-state index in [9.17, 15) is 24.3 Å². The number of rotatable bonds is 14. The van der Waals surface area contributed by atoms with Crippen LogP contribution in [0.3, 0.4) is 0 Å². The molecule has 12 heteroatoms. The molecular weight excluding hydrogens is 514 g/mol. The van der Waals surface area contributed by atoms with E-state index in [0.717, 1.165) is 0 Å². The Morgan fingerprint density at radius 3 is 1.62 bits per heavy atom. The highest BCUT2D eigenvalue weighted by atomic mass is 16.8. The summed E-state index contributed by atoms with van der Waals surface area (Å²) in [5.41, 5.74) is 6.31. The van der Waals surface area contributed by atoms with Crippen molar-refractivity contribution < 1.29 is 52.7 Å². The van der Waals surface area contributed by atoms with Crippen molar-refractivity contribution in [2.75, 3.05) is 0 Å². The third-order valence-corrected chi connectivity index (χ3v) is 6.00. The van der Waals surface area contributed by atoms with Gasteiger partial charge in [-0.3, -0.25) is 4.79 Å². The van der Waals surface area contributed by atoms with Gasteiger partial charge in [-0.15, -0.1) is 0 Å². The highest BCUT2D eigenvalue weighted by molar-refractivity contribution is 5.75. The highest BCUT2D eigenvalue weighted by Crippen LogP contribution is 2.35. The van der Waals surface area contributed by atoms with E-state index in [1.54, 1.807) is 27.7 Å². The predicted octanol–water partition coefficient (Wildman–Crippen LogP) is 5.54. The van der Waals surface area contributed by atoms with Crippen LogP contribution in [0.5, 0.6) is 11.5 Å². The van der Waals surface area contributed by atoms with Crippen LogP contribution in [-0.4, -0.2) is 60.0 Å². The van der Waals surface area contributed by atoms with Crippen molar-refractivity contribution in [3.8, 4) is 11.5 Å². The zero-order chi connectivity index (χ0) is 29.7. The van der Waals surface area contributed by atoms with Crippen molar-refractivity contribution in [3.63, 3.8) is 0 Å². The van der Waals surface area contributed by atoms with Crippen LogP contribution in [0.2, 0.25) is 0 Å². The van der Waals surface area contributed by atoms with E-state index in [2.05, 4.69) is 0 Å². The van der Waals surface area contributed by atoms with Gasteiger partial charge in [0.2, 0.25) is 0 Å². The monoisotopic (exact) mass is 555 g/mol. The first kappa shape index (κ1) is 33.5. The third-order valence-electron chi connectivity index (χ3n) is 6.00. The van der Waals surface area contributed by atoms with E-state index >= 15 is 0 Å². The summed E-state index contributed by atoms with van der Waals surface area (Å²) >= 11 is 0. The molecule has 0 saturated carbocycles. The first-order valence-electron chi connectivity index (χ1n) is 13.1. The van der Waals surface area contributed by atoms with Crippen molar-refractivity contribution >= 4 is 24.4 Å². The predicted molar refractivity (Wildman–Crippen MR) is 140 cm³/mol. The third kappa shape index (κ3) is 11.8. The van der Waals surface area contributed by atoms with E-state index in [1.165, 1.54) is 18.2 Å². The molecule has 39 heavy (non-hydrogen) atoms. The van der Waals surface area contributed by atoms with Gasteiger partial charge in [-0.2, -0.15) is 0 Å². The molecule has 0 spiro atoms. The molecule has 0 heterocycles. The van der Waals surface area contributed by atoms with Crippen molar-refractivity contribution in [1.29, 1.82) is 0 Å². The Kier molecular flexibility index (Phi) is 14.1. The van der Waals surface area contributed by atoms with Crippen LogP contribution in [-0.2, 0) is 23.7 Å². The molecule has 3 N–H and O–H groups in total. The van der Waals surface area contributed by atoms with Gasteiger partial charge in [-0.05, 0) is 71.1 Å². The molecule has 1 aromatic rings. The number of benzene rings is 1. The first-order chi connectivity index (χ1) is 18.3. The number of ether oxygens (including phenoxy) is 6. The summed E-state index contributed by atoms with van der Waals surface area (Å²) in [5.74, 6) is -2.57. The molecule has 1 rings (SSSR count). The first-order valence-corrected chi connectivity index (χ1v) is 13.1. The van der Waals surface area contributed by atoms with Crippen LogP contribution in [0.4, 0.5) is 14.4 Å². The van der Waals surface area contributed by atoms with Gasteiger partial charge in [0.15, 0.2) is 11.5 Å². The molecule has 0 fully saturated rings. The second-order valence-corrected chi connectivity index (χ2v) is 9.31. The van der Waals surface area contributed by atoms with Crippen molar-refractivity contribution in [1.82, 2.24) is 0 Å². The van der Waals surface area contributed by atoms with E-state index in [-0.39, 0.29) is 24.0 Å². The van der Waals surface area contributed by atoms with Crippen LogP contribution in [0.25, 0.3) is 0 Å². The largest absolute Gasteiger partial charge is 0.514 e. The summed E-state index contributed by atoms with van der Waals surface area (Å²) in [6.07, 6.45) is -3.26. The van der Waals surface area contributed by atoms with E-state index < -0.39 is 54.7 Å². The van der Waals surface area contributed by atoms with Gasteiger partial charge < -0.3 is 39.3 Å². The summed E-state index contributed by atoms with van der Waals surface area (Å²) in [6.45, 7) is 12.1. The van der Waals surface area contributed by atoms with Gasteiger partial charge >= 0.3 is 24.4 Å². The van der Waals surface area contributed by atoms with Crippen LogP contribution in [0.1, 0.15) is 85.6 Å². The lowest BCUT2D eigenvalue weighted by Gasteiger charge is -2.25. The molecule has 220 valence electrons. The molecule has 0 aromatic heterocycles. The Labute approximate surface area is 229 Å². The molecule has 0 aliphatic rings. The maximum atomic E-state index is 12.4. The van der Waals surface area contributed by atoms with E-state index in [1.807, 2.05) is 20.8 Å². The molecule has 6 atom stereocenters. The van der Waals surface area contributed by atoms with Gasteiger partial charge in [0.05, 0.1) is 0 Å². The number of hydrogen-bond donors (Lipinski definition) is 2. The number of carboxylic acid groups (broad SMARTS) is 1. The van der Waals surface area contributed by atoms with Crippen LogP contribution < -0.4 is 15.2 Å². The molecule has 0 amide bonds. The van der Waals surface area contributed by atoms with Crippen LogP contribution in [0.15, 0.2) is 18.2 Å². The Balaban J connectivity index is 3.32. The summed E-state index contributed by atoms with van der Waals surface area (Å²) < 4.78 is 31.2. The number of aliphatic carboxylic acids is 1. The summed E-state index contributed by atoms with van der Waals surface area (Å²) in [5, 5.41) is 9.63. The number of nitrogens with two attached hydrogens (primary N) is 1. The topological polar surface area (TPSA) is 170 Å². The smallest absolute Gasteiger partial charge is 0.480 e. The van der Waals surface area contributed by atoms with Crippen LogP contribution in [0, 0.1) is 0 Å². The SMILES string of the molecule is CCC(C)OC(=O)Oc1ccc(C(CC(C)OC(=O)OC(C)CC)[C@H](N)C(=O)O)cc1OC(=O)OC(C)CC. The minimum Gasteiger partial charge on any atom is -0.480 e. The van der Waals surface area contributed by atoms with Gasteiger partial charge in [0, 0.05) is 5.92 Å². The zero-order valence-electron chi connectivity index (χ0n) is 23.6. The Hall–Kier alpha value is -3.54. The molecule has 0 aliphatic carbocycles. The Morgan fingerprint density at radius 1 is 0.718 bits per heavy atom. The lowest BCUT2D eigenvalue weighted by molar-refractivity contribution is -0.139. The maximum Gasteiger partial charge on any atom is 0.514 e. The highest BCUT2D eigenvalue weighted by Gasteiger charge is 2.31. The average molecular weight is 556 g/mol. The van der Waals surface area contributed by atoms with Gasteiger partial charge in [0.1, 0.15) is 30.5 Å². The lowest BCUT2D eigenvalue weighted by Crippen LogP contribution is -2.38. The van der Waals surface area contributed by atoms with E-state index in [4.69, 9.17) is 34.2 Å². The summed E-state index contributed by atoms with van der Waals surface area (Å²) in [4.78, 5) is 48.5. The lowest BCUT2D eigenvalue weighted by atomic mass is 9.87. The molecule has 0 bridgehead atoms. The fraction of sp³-hybridized carbons (Fsp3) is 0.630. The molecule has 1 aromatic carbocycles. The molecule has 0 aliphatic heterocycles. The van der Waals surface area contributed by atoms with Gasteiger partial charge in [0.25, 0.3) is 0 Å². The Bertz CT molecular complexity index is 967. The zero-order valence-corrected chi connectivity index (χ0v) is 23.6. The summed E-state index contributed by atoms with van der Waals surface area (Å²) in [7, 11) is 0. The minimum atomic E-state index is -1.41. The minimum absolute atomic E-state index is 0.00388. The average Bonchev–Trinajstić information content (AvgIpc) is 2.87. The number of carbonyl (C=O) groups excluding carboxylic acids is 3. The standard InChI is InChI=1S/C27H41NO11/c1-8-15(4)34-25(31)37-18(7)13-20(23(28)24(29)30)19-11-12-21(38-26(32)35-16(5)9-2)22(14-19)39-27(33)36-17(6)10-3/h11-12,14-18,20,23H,8-10,13,28H2,1-7H3,(H,29,30)/t15?,16?,17?,18?,20?,23-/m0/s1. The summed E-state index contributed by atoms with van der Waals surface area (Å²) in [6, 6.07) is 2.70. The number of hydrogen-bond acceptors (Lipinski definition) is 11. The number of carboxylic acids is 1. The molecule has 0 radical (unpaired) electrons. The quantitative estimate of drug-likeness (QED) is 0.167. The fourth-order valence-corrected chi connectivity index (χ4v) is 3.15. The van der Waals surface area contributed by atoms with Crippen molar-refractivity contribution in [3.05, 3.63) is 23.8 Å². The molecular formula is C27H41NO11. The van der Waals surface area contributed by atoms with Crippen molar-refractivity contribution in [2.24, 2.45) is 5.73 Å². The second-order valence-electron chi connectivity index (χ2n) is 9.31. The van der Waals surface area contributed by atoms with Crippen LogP contribution >= 0.6 is 0 Å². The Morgan fingerprint density at radius 2 is 1.15 bits per heavy atom. The molecule has 0 saturated heterocycles.